The smallest absolute Gasteiger partial charge is 0.104 e. The van der Waals surface area contributed by atoms with E-state index in [-0.39, 0.29) is 0 Å². The van der Waals surface area contributed by atoms with Gasteiger partial charge in [0.15, 0.2) is 0 Å². The Hall–Kier alpha value is -3.36. The van der Waals surface area contributed by atoms with Gasteiger partial charge >= 0.3 is 0 Å². The first kappa shape index (κ1) is 28.4. The van der Waals surface area contributed by atoms with Gasteiger partial charge < -0.3 is 28.4 Å². The Balaban J connectivity index is 0.000000135. The first-order valence-electron chi connectivity index (χ1n) is 15.3. The summed E-state index contributed by atoms with van der Waals surface area (Å²) in [5, 5.41) is 0. The predicted octanol–water partition coefficient (Wildman–Crippen LogP) is 6.19. The summed E-state index contributed by atoms with van der Waals surface area (Å²) in [6.45, 7) is 6.52. The molecule has 4 unspecified atom stereocenters. The zero-order valence-corrected chi connectivity index (χ0v) is 24.4. The molecule has 0 bridgehead atoms. The van der Waals surface area contributed by atoms with Crippen molar-refractivity contribution >= 4 is 0 Å². The van der Waals surface area contributed by atoms with Gasteiger partial charge in [-0.2, -0.15) is 0 Å². The first-order valence-corrected chi connectivity index (χ1v) is 15.3. The molecule has 4 aliphatic heterocycles. The van der Waals surface area contributed by atoms with Crippen LogP contribution in [0.15, 0.2) is 97.1 Å². The second-order valence-electron chi connectivity index (χ2n) is 11.5. The Kier molecular flexibility index (Phi) is 8.93. The predicted molar refractivity (Wildman–Crippen MR) is 166 cm³/mol. The maximum Gasteiger partial charge on any atom is 0.104 e. The molecule has 4 fully saturated rings. The van der Waals surface area contributed by atoms with Gasteiger partial charge in [-0.05, 0) is 50.9 Å². The van der Waals surface area contributed by atoms with E-state index in [2.05, 4.69) is 97.1 Å². The van der Waals surface area contributed by atoms with Crippen LogP contribution in [0.25, 0.3) is 33.4 Å². The topological polar surface area (TPSA) is 68.6 Å². The lowest BCUT2D eigenvalue weighted by Crippen LogP contribution is -2.06. The fraction of sp³-hybridized carbons (Fsp3) is 0.351. The van der Waals surface area contributed by atoms with Gasteiger partial charge in [0.1, 0.15) is 24.4 Å². The van der Waals surface area contributed by atoms with Gasteiger partial charge in [-0.1, -0.05) is 97.1 Å². The first-order chi connectivity index (χ1) is 21.3. The number of hydrogen-bond acceptors (Lipinski definition) is 6. The van der Waals surface area contributed by atoms with E-state index in [0.717, 1.165) is 59.3 Å². The fourth-order valence-corrected chi connectivity index (χ4v) is 5.32. The maximum absolute atomic E-state index is 5.23. The van der Waals surface area contributed by atoms with E-state index in [1.165, 1.54) is 44.5 Å². The molecule has 0 radical (unpaired) electrons. The summed E-state index contributed by atoms with van der Waals surface area (Å²) in [7, 11) is 0. The van der Waals surface area contributed by atoms with Gasteiger partial charge in [0.05, 0.1) is 52.9 Å². The maximum atomic E-state index is 5.23. The van der Waals surface area contributed by atoms with Crippen molar-refractivity contribution in [2.75, 3.05) is 52.9 Å². The van der Waals surface area contributed by atoms with E-state index in [1.807, 2.05) is 0 Å². The molecule has 43 heavy (non-hydrogen) atoms. The van der Waals surface area contributed by atoms with Gasteiger partial charge in [-0.3, -0.25) is 0 Å². The van der Waals surface area contributed by atoms with Crippen LogP contribution in [0.5, 0.6) is 0 Å². The van der Waals surface area contributed by atoms with Crippen molar-refractivity contribution in [1.29, 1.82) is 0 Å². The summed E-state index contributed by atoms with van der Waals surface area (Å²) in [6.07, 6.45) is 2.58. The van der Waals surface area contributed by atoms with Crippen molar-refractivity contribution in [3.05, 3.63) is 108 Å². The van der Waals surface area contributed by atoms with Crippen LogP contribution in [0.2, 0.25) is 0 Å². The minimum absolute atomic E-state index is 0.392. The van der Waals surface area contributed by atoms with Crippen molar-refractivity contribution in [2.24, 2.45) is 0 Å². The van der Waals surface area contributed by atoms with Crippen molar-refractivity contribution in [2.45, 2.75) is 30.8 Å². The number of benzene rings is 4. The second kappa shape index (κ2) is 13.5. The highest BCUT2D eigenvalue weighted by atomic mass is 16.6. The molecule has 0 spiro atoms. The zero-order chi connectivity index (χ0) is 28.8. The molecule has 4 aromatic rings. The van der Waals surface area contributed by atoms with Gasteiger partial charge in [-0.25, -0.2) is 0 Å². The van der Waals surface area contributed by atoms with Crippen molar-refractivity contribution < 1.29 is 28.4 Å². The Labute approximate surface area is 253 Å². The minimum atomic E-state index is 0.392. The molecule has 9 rings (SSSR count). The van der Waals surface area contributed by atoms with Crippen molar-refractivity contribution in [1.82, 2.24) is 0 Å². The molecular formula is C37H38O6. The summed E-state index contributed by atoms with van der Waals surface area (Å²) in [4.78, 5) is 0. The average molecular weight is 579 g/mol. The van der Waals surface area contributed by atoms with E-state index >= 15 is 0 Å². The molecule has 0 amide bonds. The summed E-state index contributed by atoms with van der Waals surface area (Å²) in [5.74, 6) is 0. The van der Waals surface area contributed by atoms with Crippen LogP contribution in [-0.4, -0.2) is 77.3 Å². The lowest BCUT2D eigenvalue weighted by molar-refractivity contribution is 0.102. The molecule has 0 aromatic heterocycles. The van der Waals surface area contributed by atoms with Crippen molar-refractivity contribution in [3.8, 4) is 33.4 Å². The van der Waals surface area contributed by atoms with E-state index in [0.29, 0.717) is 24.4 Å². The van der Waals surface area contributed by atoms with Crippen LogP contribution in [0.3, 0.4) is 0 Å². The highest BCUT2D eigenvalue weighted by Crippen LogP contribution is 2.45. The summed E-state index contributed by atoms with van der Waals surface area (Å²) >= 11 is 0. The number of fused-ring (bicyclic) bond motifs is 3. The van der Waals surface area contributed by atoms with E-state index in [9.17, 15) is 0 Å². The normalized spacial score (nSPS) is 23.1. The van der Waals surface area contributed by atoms with E-state index in [4.69, 9.17) is 28.4 Å². The fourth-order valence-electron chi connectivity index (χ4n) is 5.32. The van der Waals surface area contributed by atoms with Crippen LogP contribution in [-0.2, 0) is 34.8 Å². The van der Waals surface area contributed by atoms with Crippen LogP contribution < -0.4 is 0 Å². The van der Waals surface area contributed by atoms with Crippen molar-refractivity contribution in [3.63, 3.8) is 0 Å². The molecule has 4 saturated heterocycles. The standard InChI is InChI=1S/C25H18.2C6H10O3/c1-3-9-18(10-4-1)22-15-16-23-21-14-8-7-13-20(21)17-24(23)25(22)19-11-5-2-6-12-19;2*1(5-3-8-5)7-2-6-4-9-6/h1-16H,17H2;2*5-6H,1-4H2. The van der Waals surface area contributed by atoms with Gasteiger partial charge in [-0.15, -0.1) is 0 Å². The third-order valence-corrected chi connectivity index (χ3v) is 7.96. The van der Waals surface area contributed by atoms with Crippen LogP contribution in [0.1, 0.15) is 11.1 Å². The Morgan fingerprint density at radius 2 is 0.907 bits per heavy atom. The van der Waals surface area contributed by atoms with Gasteiger partial charge in [0.25, 0.3) is 0 Å². The SMILES string of the molecule is C(OCC1CO1)C1CO1.C(OCC1CO1)C1CO1.c1ccc(-c2ccc3c(c2-c2ccccc2)Cc2ccccc2-3)cc1. The molecule has 1 aliphatic carbocycles. The lowest BCUT2D eigenvalue weighted by atomic mass is 9.88. The van der Waals surface area contributed by atoms with Crippen LogP contribution in [0, 0.1) is 0 Å². The number of ether oxygens (including phenoxy) is 6. The quantitative estimate of drug-likeness (QED) is 0.184. The van der Waals surface area contributed by atoms with Gasteiger partial charge in [0, 0.05) is 0 Å². The number of hydrogen-bond donors (Lipinski definition) is 0. The lowest BCUT2D eigenvalue weighted by Gasteiger charge is -2.16. The molecular weight excluding hydrogens is 540 g/mol. The average Bonchev–Trinajstić information content (AvgIpc) is 3.85. The molecule has 0 saturated carbocycles. The monoisotopic (exact) mass is 578 g/mol. The zero-order valence-electron chi connectivity index (χ0n) is 24.4. The number of epoxide rings is 4. The molecule has 0 N–H and O–H groups in total. The van der Waals surface area contributed by atoms with E-state index < -0.39 is 0 Å². The Morgan fingerprint density at radius 1 is 0.465 bits per heavy atom. The van der Waals surface area contributed by atoms with E-state index in [1.54, 1.807) is 0 Å². The van der Waals surface area contributed by atoms with Crippen LogP contribution in [0.4, 0.5) is 0 Å². The summed E-state index contributed by atoms with van der Waals surface area (Å²) in [5.41, 5.74) is 10.9. The number of rotatable bonds is 10. The highest BCUT2D eigenvalue weighted by molar-refractivity contribution is 5.93. The minimum Gasteiger partial charge on any atom is -0.376 e. The molecule has 6 heteroatoms. The molecule has 4 aromatic carbocycles. The third kappa shape index (κ3) is 7.98. The Morgan fingerprint density at radius 3 is 1.42 bits per heavy atom. The summed E-state index contributed by atoms with van der Waals surface area (Å²) in [6, 6.07) is 34.9. The van der Waals surface area contributed by atoms with Gasteiger partial charge in [0.2, 0.25) is 0 Å². The second-order valence-corrected chi connectivity index (χ2v) is 11.5. The molecule has 5 aliphatic rings. The molecule has 4 atom stereocenters. The third-order valence-electron chi connectivity index (χ3n) is 7.96. The highest BCUT2D eigenvalue weighted by Gasteiger charge is 2.27. The Bertz CT molecular complexity index is 1420. The molecule has 222 valence electrons. The molecule has 6 nitrogen and oxygen atoms in total. The van der Waals surface area contributed by atoms with Crippen LogP contribution >= 0.6 is 0 Å². The largest absolute Gasteiger partial charge is 0.376 e. The summed E-state index contributed by atoms with van der Waals surface area (Å²) < 4.78 is 30.2. The molecule has 4 heterocycles.